The van der Waals surface area contributed by atoms with Crippen LogP contribution in [0.1, 0.15) is 18.4 Å². The Hall–Kier alpha value is -3.66. The molecule has 1 saturated heterocycles. The largest absolute Gasteiger partial charge is 0.391 e. The van der Waals surface area contributed by atoms with Crippen molar-refractivity contribution in [1.82, 2.24) is 15.1 Å². The van der Waals surface area contributed by atoms with Crippen LogP contribution in [-0.2, 0) is 20.9 Å². The second kappa shape index (κ2) is 10.1. The van der Waals surface area contributed by atoms with Crippen molar-refractivity contribution in [2.45, 2.75) is 25.6 Å². The Kier molecular flexibility index (Phi) is 6.97. The first-order valence-corrected chi connectivity index (χ1v) is 10.8. The first kappa shape index (κ1) is 23.5. The molecule has 1 fully saturated rings. The number of ether oxygens (including phenoxy) is 1. The van der Waals surface area contributed by atoms with Gasteiger partial charge in [-0.15, -0.1) is 5.10 Å². The lowest BCUT2D eigenvalue weighted by Gasteiger charge is -2.10. The van der Waals surface area contributed by atoms with Gasteiger partial charge in [0.15, 0.2) is 5.82 Å². The summed E-state index contributed by atoms with van der Waals surface area (Å²) in [6.07, 6.45) is -5.13. The van der Waals surface area contributed by atoms with Gasteiger partial charge >= 0.3 is 6.18 Å². The van der Waals surface area contributed by atoms with Gasteiger partial charge in [-0.05, 0) is 23.8 Å². The molecule has 34 heavy (non-hydrogen) atoms. The topological polar surface area (TPSA) is 85.2 Å². The van der Waals surface area contributed by atoms with Crippen LogP contribution in [0.25, 0.3) is 16.9 Å². The van der Waals surface area contributed by atoms with E-state index in [0.29, 0.717) is 17.1 Å². The molecule has 3 aromatic rings. The predicted molar refractivity (Wildman–Crippen MR) is 119 cm³/mol. The van der Waals surface area contributed by atoms with Gasteiger partial charge in [0, 0.05) is 24.6 Å². The van der Waals surface area contributed by atoms with E-state index in [9.17, 15) is 22.8 Å². The Morgan fingerprint density at radius 3 is 2.65 bits per heavy atom. The van der Waals surface area contributed by atoms with Crippen molar-refractivity contribution in [2.24, 2.45) is 5.92 Å². The van der Waals surface area contributed by atoms with E-state index in [-0.39, 0.29) is 31.4 Å². The van der Waals surface area contributed by atoms with Gasteiger partial charge in [0.25, 0.3) is 0 Å². The number of anilines is 1. The van der Waals surface area contributed by atoms with Crippen molar-refractivity contribution < 1.29 is 27.5 Å². The second-order valence-electron chi connectivity index (χ2n) is 7.97. The number of hydrogen-bond donors (Lipinski definition) is 2. The first-order chi connectivity index (χ1) is 16.3. The van der Waals surface area contributed by atoms with E-state index >= 15 is 0 Å². The smallest absolute Gasteiger partial charge is 0.376 e. The molecule has 0 spiro atoms. The van der Waals surface area contributed by atoms with Gasteiger partial charge in [-0.25, -0.2) is 4.68 Å². The van der Waals surface area contributed by atoms with Crippen LogP contribution in [0.15, 0.2) is 60.7 Å². The summed E-state index contributed by atoms with van der Waals surface area (Å²) in [4.78, 5) is 24.0. The van der Waals surface area contributed by atoms with Crippen LogP contribution in [0.4, 0.5) is 19.0 Å². The summed E-state index contributed by atoms with van der Waals surface area (Å²) in [7, 11) is 0. The van der Waals surface area contributed by atoms with Crippen LogP contribution in [0.2, 0.25) is 0 Å². The molecule has 1 aliphatic rings. The molecule has 0 bridgehead atoms. The van der Waals surface area contributed by atoms with Crippen LogP contribution >= 0.6 is 0 Å². The number of benzene rings is 2. The Balaban J connectivity index is 1.56. The van der Waals surface area contributed by atoms with Crippen molar-refractivity contribution in [2.75, 3.05) is 18.5 Å². The summed E-state index contributed by atoms with van der Waals surface area (Å²) in [6.45, 7) is -0.0899. The average molecular weight is 472 g/mol. The fraction of sp³-hybridized carbons (Fsp3) is 0.292. The predicted octanol–water partition coefficient (Wildman–Crippen LogP) is 4.08. The minimum absolute atomic E-state index is 0.0374. The Labute approximate surface area is 193 Å². The number of aromatic nitrogens is 2. The third kappa shape index (κ3) is 6.02. The van der Waals surface area contributed by atoms with Gasteiger partial charge in [-0.3, -0.25) is 9.59 Å². The summed E-state index contributed by atoms with van der Waals surface area (Å²) in [5, 5.41) is 9.96. The molecule has 1 atom stereocenters. The van der Waals surface area contributed by atoms with E-state index < -0.39 is 25.1 Å². The SMILES string of the molecule is O=C1C[C@H](C(=O)Nc2cc(-c3cccc(COCCC(F)(F)F)c3)n(-c3ccccc3)n2)CN1. The van der Waals surface area contributed by atoms with Gasteiger partial charge < -0.3 is 15.4 Å². The van der Waals surface area contributed by atoms with E-state index in [4.69, 9.17) is 4.74 Å². The van der Waals surface area contributed by atoms with Crippen LogP contribution in [-0.4, -0.2) is 40.9 Å². The normalized spacial score (nSPS) is 15.9. The number of halogens is 3. The lowest BCUT2D eigenvalue weighted by Crippen LogP contribution is -2.24. The van der Waals surface area contributed by atoms with Crippen LogP contribution < -0.4 is 10.6 Å². The molecule has 1 aromatic heterocycles. The van der Waals surface area contributed by atoms with E-state index in [2.05, 4.69) is 15.7 Å². The third-order valence-corrected chi connectivity index (χ3v) is 5.33. The van der Waals surface area contributed by atoms with E-state index in [1.165, 1.54) is 0 Å². The molecule has 2 N–H and O–H groups in total. The number of nitrogens with zero attached hydrogens (tertiary/aromatic N) is 2. The molecule has 2 amide bonds. The number of carbonyl (C=O) groups excluding carboxylic acids is 2. The van der Waals surface area contributed by atoms with Crippen molar-refractivity contribution in [1.29, 1.82) is 0 Å². The minimum Gasteiger partial charge on any atom is -0.376 e. The Bertz CT molecular complexity index is 1160. The number of alkyl halides is 3. The monoisotopic (exact) mass is 472 g/mol. The molecule has 2 heterocycles. The highest BCUT2D eigenvalue weighted by Crippen LogP contribution is 2.28. The summed E-state index contributed by atoms with van der Waals surface area (Å²) in [6, 6.07) is 18.3. The molecular formula is C24H23F3N4O3. The van der Waals surface area contributed by atoms with Crippen molar-refractivity contribution in [3.05, 3.63) is 66.2 Å². The van der Waals surface area contributed by atoms with Gasteiger partial charge in [0.05, 0.1) is 36.9 Å². The number of para-hydroxylation sites is 1. The molecule has 1 aliphatic heterocycles. The standard InChI is InChI=1S/C24H23F3N4O3/c25-24(26,27)9-10-34-15-16-5-4-6-17(11-16)20-13-21(29-23(33)18-12-22(32)28-14-18)30-31(20)19-7-2-1-3-8-19/h1-8,11,13,18H,9-10,12,14-15H2,(H,28,32)(H,29,30,33)/t18-/m0/s1. The van der Waals surface area contributed by atoms with Crippen LogP contribution in [0.3, 0.4) is 0 Å². The zero-order valence-corrected chi connectivity index (χ0v) is 18.1. The fourth-order valence-corrected chi connectivity index (χ4v) is 3.63. The zero-order valence-electron chi connectivity index (χ0n) is 18.1. The van der Waals surface area contributed by atoms with E-state index in [1.54, 1.807) is 22.9 Å². The molecule has 0 aliphatic carbocycles. The lowest BCUT2D eigenvalue weighted by atomic mass is 10.1. The Morgan fingerprint density at radius 1 is 1.15 bits per heavy atom. The lowest BCUT2D eigenvalue weighted by molar-refractivity contribution is -0.146. The summed E-state index contributed by atoms with van der Waals surface area (Å²) in [5.41, 5.74) is 2.91. The average Bonchev–Trinajstić information content (AvgIpc) is 3.43. The number of nitrogens with one attached hydrogen (secondary N) is 2. The van der Waals surface area contributed by atoms with E-state index in [1.807, 2.05) is 42.5 Å². The number of carbonyl (C=O) groups is 2. The summed E-state index contributed by atoms with van der Waals surface area (Å²) in [5.74, 6) is -0.593. The number of amides is 2. The van der Waals surface area contributed by atoms with Crippen molar-refractivity contribution in [3.8, 4) is 16.9 Å². The van der Waals surface area contributed by atoms with Gasteiger partial charge in [0.2, 0.25) is 11.8 Å². The van der Waals surface area contributed by atoms with E-state index in [0.717, 1.165) is 11.3 Å². The molecule has 0 radical (unpaired) electrons. The van der Waals surface area contributed by atoms with Gasteiger partial charge in [0.1, 0.15) is 0 Å². The molecule has 0 unspecified atom stereocenters. The number of rotatable bonds is 8. The molecular weight excluding hydrogens is 449 g/mol. The molecule has 0 saturated carbocycles. The molecule has 178 valence electrons. The van der Waals surface area contributed by atoms with Gasteiger partial charge in [-0.2, -0.15) is 13.2 Å². The maximum atomic E-state index is 12.6. The maximum absolute atomic E-state index is 12.6. The minimum atomic E-state index is -4.26. The van der Waals surface area contributed by atoms with Crippen molar-refractivity contribution >= 4 is 17.6 Å². The summed E-state index contributed by atoms with van der Waals surface area (Å²) >= 11 is 0. The molecule has 7 nitrogen and oxygen atoms in total. The molecule has 4 rings (SSSR count). The van der Waals surface area contributed by atoms with Crippen molar-refractivity contribution in [3.63, 3.8) is 0 Å². The Morgan fingerprint density at radius 2 is 1.94 bits per heavy atom. The fourth-order valence-electron chi connectivity index (χ4n) is 3.63. The number of hydrogen-bond acceptors (Lipinski definition) is 4. The highest BCUT2D eigenvalue weighted by atomic mass is 19.4. The highest BCUT2D eigenvalue weighted by Gasteiger charge is 2.29. The highest BCUT2D eigenvalue weighted by molar-refractivity contribution is 5.97. The van der Waals surface area contributed by atoms with Crippen LogP contribution in [0.5, 0.6) is 0 Å². The molecule has 2 aromatic carbocycles. The summed E-state index contributed by atoms with van der Waals surface area (Å²) < 4.78 is 43.9. The third-order valence-electron chi connectivity index (χ3n) is 5.33. The zero-order chi connectivity index (χ0) is 24.1. The molecule has 10 heteroatoms. The quantitative estimate of drug-likeness (QED) is 0.484. The van der Waals surface area contributed by atoms with Crippen LogP contribution in [0, 0.1) is 5.92 Å². The van der Waals surface area contributed by atoms with Gasteiger partial charge in [-0.1, -0.05) is 36.4 Å². The maximum Gasteiger partial charge on any atom is 0.391 e. The first-order valence-electron chi connectivity index (χ1n) is 10.8. The second-order valence-corrected chi connectivity index (χ2v) is 7.97.